The van der Waals surface area contributed by atoms with Crippen molar-refractivity contribution in [1.29, 1.82) is 0 Å². The number of nitrogens with zero attached hydrogens (tertiary/aromatic N) is 1. The Kier molecular flexibility index (Phi) is 3.49. The van der Waals surface area contributed by atoms with Crippen molar-refractivity contribution in [3.05, 3.63) is 16.1 Å². The number of aromatic nitrogens is 1. The standard InChI is InChI=1S/C11H15NO2S/c1-8(13)10-6-12-11(15-10)5-9-3-2-4-14-7-9/h6,9H,2-5,7H2,1H3. The molecule has 1 aromatic heterocycles. The van der Waals surface area contributed by atoms with Gasteiger partial charge in [-0.05, 0) is 18.8 Å². The highest BCUT2D eigenvalue weighted by Gasteiger charge is 2.16. The predicted molar refractivity (Wildman–Crippen MR) is 59.4 cm³/mol. The maximum atomic E-state index is 11.1. The monoisotopic (exact) mass is 225 g/mol. The fourth-order valence-corrected chi connectivity index (χ4v) is 2.71. The third-order valence-corrected chi connectivity index (χ3v) is 3.74. The van der Waals surface area contributed by atoms with E-state index in [0.29, 0.717) is 5.92 Å². The van der Waals surface area contributed by atoms with Gasteiger partial charge in [0, 0.05) is 32.8 Å². The van der Waals surface area contributed by atoms with E-state index in [2.05, 4.69) is 4.98 Å². The number of ketones is 1. The zero-order valence-corrected chi connectivity index (χ0v) is 9.68. The van der Waals surface area contributed by atoms with Crippen LogP contribution in [0.5, 0.6) is 0 Å². The first-order chi connectivity index (χ1) is 7.25. The van der Waals surface area contributed by atoms with Crippen LogP contribution in [0.3, 0.4) is 0 Å². The van der Waals surface area contributed by atoms with Crippen molar-refractivity contribution in [3.8, 4) is 0 Å². The average molecular weight is 225 g/mol. The first-order valence-corrected chi connectivity index (χ1v) is 6.10. The molecule has 15 heavy (non-hydrogen) atoms. The maximum Gasteiger partial charge on any atom is 0.171 e. The van der Waals surface area contributed by atoms with Crippen LogP contribution in [0.25, 0.3) is 0 Å². The number of thiazole rings is 1. The number of Topliss-reactive ketones (excluding diaryl/α,β-unsaturated/α-hetero) is 1. The normalized spacial score (nSPS) is 21.5. The molecule has 1 aliphatic rings. The van der Waals surface area contributed by atoms with E-state index in [1.165, 1.54) is 17.8 Å². The van der Waals surface area contributed by atoms with E-state index in [1.807, 2.05) is 0 Å². The zero-order valence-electron chi connectivity index (χ0n) is 8.86. The second-order valence-corrected chi connectivity index (χ2v) is 5.08. The van der Waals surface area contributed by atoms with Gasteiger partial charge >= 0.3 is 0 Å². The highest BCUT2D eigenvalue weighted by Crippen LogP contribution is 2.22. The van der Waals surface area contributed by atoms with Crippen LogP contribution >= 0.6 is 11.3 Å². The Bertz CT molecular complexity index is 342. The molecule has 1 unspecified atom stereocenters. The van der Waals surface area contributed by atoms with E-state index in [4.69, 9.17) is 4.74 Å². The molecule has 1 saturated heterocycles. The summed E-state index contributed by atoms with van der Waals surface area (Å²) in [4.78, 5) is 16.1. The second kappa shape index (κ2) is 4.86. The molecule has 2 heterocycles. The molecule has 1 aromatic rings. The summed E-state index contributed by atoms with van der Waals surface area (Å²) >= 11 is 1.52. The molecule has 1 fully saturated rings. The summed E-state index contributed by atoms with van der Waals surface area (Å²) < 4.78 is 5.42. The van der Waals surface area contributed by atoms with Crippen molar-refractivity contribution in [3.63, 3.8) is 0 Å². The van der Waals surface area contributed by atoms with Crippen molar-refractivity contribution >= 4 is 17.1 Å². The summed E-state index contributed by atoms with van der Waals surface area (Å²) in [7, 11) is 0. The fraction of sp³-hybridized carbons (Fsp3) is 0.636. The van der Waals surface area contributed by atoms with Crippen molar-refractivity contribution in [2.75, 3.05) is 13.2 Å². The molecule has 3 nitrogen and oxygen atoms in total. The van der Waals surface area contributed by atoms with Crippen molar-refractivity contribution in [2.45, 2.75) is 26.2 Å². The van der Waals surface area contributed by atoms with Gasteiger partial charge in [-0.1, -0.05) is 0 Å². The second-order valence-electron chi connectivity index (χ2n) is 3.96. The molecule has 82 valence electrons. The number of carbonyl (C=O) groups excluding carboxylic acids is 1. The quantitative estimate of drug-likeness (QED) is 0.741. The molecule has 4 heteroatoms. The molecule has 0 saturated carbocycles. The van der Waals surface area contributed by atoms with Crippen LogP contribution in [0, 0.1) is 5.92 Å². The van der Waals surface area contributed by atoms with E-state index < -0.39 is 0 Å². The van der Waals surface area contributed by atoms with Crippen molar-refractivity contribution in [2.24, 2.45) is 5.92 Å². The molecule has 2 rings (SSSR count). The van der Waals surface area contributed by atoms with Gasteiger partial charge in [0.15, 0.2) is 5.78 Å². The lowest BCUT2D eigenvalue weighted by atomic mass is 9.99. The Balaban J connectivity index is 1.94. The van der Waals surface area contributed by atoms with Gasteiger partial charge in [0.2, 0.25) is 0 Å². The molecule has 0 aromatic carbocycles. The van der Waals surface area contributed by atoms with E-state index in [9.17, 15) is 4.79 Å². The summed E-state index contributed by atoms with van der Waals surface area (Å²) in [5, 5.41) is 1.07. The average Bonchev–Trinajstić information content (AvgIpc) is 2.68. The highest BCUT2D eigenvalue weighted by atomic mass is 32.1. The molecule has 0 amide bonds. The van der Waals surface area contributed by atoms with Crippen LogP contribution in [0.4, 0.5) is 0 Å². The van der Waals surface area contributed by atoms with Gasteiger partial charge in [0.25, 0.3) is 0 Å². The number of ether oxygens (including phenoxy) is 1. The van der Waals surface area contributed by atoms with Crippen LogP contribution in [-0.2, 0) is 11.2 Å². The topological polar surface area (TPSA) is 39.2 Å². The van der Waals surface area contributed by atoms with Gasteiger partial charge in [-0.3, -0.25) is 4.79 Å². The summed E-state index contributed by atoms with van der Waals surface area (Å²) in [6.45, 7) is 3.32. The third-order valence-electron chi connectivity index (χ3n) is 2.62. The minimum absolute atomic E-state index is 0.110. The Morgan fingerprint density at radius 1 is 1.73 bits per heavy atom. The van der Waals surface area contributed by atoms with Crippen LogP contribution in [0.2, 0.25) is 0 Å². The Morgan fingerprint density at radius 2 is 2.60 bits per heavy atom. The Hall–Kier alpha value is -0.740. The third kappa shape index (κ3) is 2.86. The first kappa shape index (κ1) is 10.8. The summed E-state index contributed by atoms with van der Waals surface area (Å²) in [6, 6.07) is 0. The lowest BCUT2D eigenvalue weighted by Crippen LogP contribution is -2.19. The molecule has 0 bridgehead atoms. The largest absolute Gasteiger partial charge is 0.381 e. The minimum atomic E-state index is 0.110. The lowest BCUT2D eigenvalue weighted by Gasteiger charge is -2.20. The van der Waals surface area contributed by atoms with Gasteiger partial charge in [-0.25, -0.2) is 4.98 Å². The summed E-state index contributed by atoms with van der Waals surface area (Å²) in [6.07, 6.45) is 5.01. The lowest BCUT2D eigenvalue weighted by molar-refractivity contribution is 0.0550. The predicted octanol–water partition coefficient (Wildman–Crippen LogP) is 2.31. The number of hydrogen-bond donors (Lipinski definition) is 0. The smallest absolute Gasteiger partial charge is 0.171 e. The van der Waals surface area contributed by atoms with E-state index in [0.717, 1.165) is 35.9 Å². The van der Waals surface area contributed by atoms with E-state index in [1.54, 1.807) is 13.1 Å². The van der Waals surface area contributed by atoms with Gasteiger partial charge < -0.3 is 4.74 Å². The minimum Gasteiger partial charge on any atom is -0.381 e. The molecule has 0 radical (unpaired) electrons. The number of hydrogen-bond acceptors (Lipinski definition) is 4. The molecule has 1 atom stereocenters. The summed E-state index contributed by atoms with van der Waals surface area (Å²) in [5.74, 6) is 0.698. The van der Waals surface area contributed by atoms with Gasteiger partial charge in [-0.2, -0.15) is 0 Å². The van der Waals surface area contributed by atoms with Gasteiger partial charge in [0.1, 0.15) is 0 Å². The molecule has 0 aliphatic carbocycles. The van der Waals surface area contributed by atoms with Crippen LogP contribution in [0.1, 0.15) is 34.4 Å². The van der Waals surface area contributed by atoms with Crippen molar-refractivity contribution < 1.29 is 9.53 Å². The molecule has 0 spiro atoms. The molecular formula is C11H15NO2S. The van der Waals surface area contributed by atoms with Gasteiger partial charge in [-0.15, -0.1) is 11.3 Å². The van der Waals surface area contributed by atoms with E-state index in [-0.39, 0.29) is 5.78 Å². The Morgan fingerprint density at radius 3 is 3.20 bits per heavy atom. The fourth-order valence-electron chi connectivity index (χ4n) is 1.78. The first-order valence-electron chi connectivity index (χ1n) is 5.29. The van der Waals surface area contributed by atoms with Crippen LogP contribution in [0.15, 0.2) is 6.20 Å². The number of carbonyl (C=O) groups is 1. The van der Waals surface area contributed by atoms with E-state index >= 15 is 0 Å². The molecular weight excluding hydrogens is 210 g/mol. The SMILES string of the molecule is CC(=O)c1cnc(CC2CCCOC2)s1. The van der Waals surface area contributed by atoms with Crippen LogP contribution in [-0.4, -0.2) is 24.0 Å². The highest BCUT2D eigenvalue weighted by molar-refractivity contribution is 7.13. The molecule has 0 N–H and O–H groups in total. The number of rotatable bonds is 3. The van der Waals surface area contributed by atoms with Gasteiger partial charge in [0.05, 0.1) is 9.88 Å². The Labute approximate surface area is 93.5 Å². The summed E-state index contributed by atoms with van der Waals surface area (Å²) in [5.41, 5.74) is 0. The van der Waals surface area contributed by atoms with Crippen molar-refractivity contribution in [1.82, 2.24) is 4.98 Å². The maximum absolute atomic E-state index is 11.1. The molecule has 1 aliphatic heterocycles. The van der Waals surface area contributed by atoms with Crippen LogP contribution < -0.4 is 0 Å². The zero-order chi connectivity index (χ0) is 10.7.